The summed E-state index contributed by atoms with van der Waals surface area (Å²) in [6, 6.07) is 9.67. The molecule has 2 aliphatic rings. The summed E-state index contributed by atoms with van der Waals surface area (Å²) in [6.07, 6.45) is 6.13. The minimum Gasteiger partial charge on any atom is -0.494 e. The van der Waals surface area contributed by atoms with E-state index in [4.69, 9.17) is 14.6 Å². The molecule has 8 heteroatoms. The predicted molar refractivity (Wildman–Crippen MR) is 130 cm³/mol. The number of hydrogen-bond acceptors (Lipinski definition) is 5. The average Bonchev–Trinajstić information content (AvgIpc) is 3.26. The highest BCUT2D eigenvalue weighted by Gasteiger charge is 2.48. The molecule has 1 N–H and O–H groups in total. The van der Waals surface area contributed by atoms with Crippen LogP contribution in [0.1, 0.15) is 62.9 Å². The van der Waals surface area contributed by atoms with Gasteiger partial charge in [-0.25, -0.2) is 0 Å². The lowest BCUT2D eigenvalue weighted by Crippen LogP contribution is -2.65. The third-order valence-corrected chi connectivity index (χ3v) is 6.92. The molecule has 4 rings (SSSR count). The van der Waals surface area contributed by atoms with Gasteiger partial charge in [-0.05, 0) is 63.4 Å². The molecule has 2 aromatic rings. The molecule has 34 heavy (non-hydrogen) atoms. The summed E-state index contributed by atoms with van der Waals surface area (Å²) in [7, 11) is 1.64. The quantitative estimate of drug-likeness (QED) is 0.568. The van der Waals surface area contributed by atoms with Gasteiger partial charge in [0.15, 0.2) is 0 Å². The number of rotatable bonds is 9. The van der Waals surface area contributed by atoms with E-state index < -0.39 is 5.54 Å². The molecule has 1 unspecified atom stereocenters. The Balaban J connectivity index is 1.61. The van der Waals surface area contributed by atoms with E-state index in [1.165, 1.54) is 6.42 Å². The number of nitrogens with zero attached hydrogens (tertiary/aromatic N) is 3. The third-order valence-electron chi connectivity index (χ3n) is 6.92. The van der Waals surface area contributed by atoms with Crippen molar-refractivity contribution < 1.29 is 19.1 Å². The van der Waals surface area contributed by atoms with Crippen LogP contribution in [0.2, 0.25) is 0 Å². The normalized spacial score (nSPS) is 20.8. The highest BCUT2D eigenvalue weighted by atomic mass is 16.5. The monoisotopic (exact) mass is 468 g/mol. The summed E-state index contributed by atoms with van der Waals surface area (Å²) in [6.45, 7) is 5.70. The molecule has 1 saturated carbocycles. The van der Waals surface area contributed by atoms with Crippen LogP contribution >= 0.6 is 0 Å². The molecule has 2 amide bonds. The molecule has 0 spiro atoms. The maximum atomic E-state index is 13.6. The van der Waals surface area contributed by atoms with Crippen molar-refractivity contribution in [2.75, 3.05) is 26.9 Å². The molecule has 0 bridgehead atoms. The van der Waals surface area contributed by atoms with Crippen molar-refractivity contribution in [3.63, 3.8) is 0 Å². The van der Waals surface area contributed by atoms with E-state index in [2.05, 4.69) is 5.32 Å². The van der Waals surface area contributed by atoms with Crippen LogP contribution in [0.25, 0.3) is 11.3 Å². The van der Waals surface area contributed by atoms with E-state index in [1.54, 1.807) is 16.7 Å². The number of carbonyl (C=O) groups is 2. The summed E-state index contributed by atoms with van der Waals surface area (Å²) in [5.41, 5.74) is 1.10. The van der Waals surface area contributed by atoms with Gasteiger partial charge >= 0.3 is 0 Å². The molecule has 1 aliphatic heterocycles. The van der Waals surface area contributed by atoms with Gasteiger partial charge in [0.25, 0.3) is 5.91 Å². The van der Waals surface area contributed by atoms with Crippen molar-refractivity contribution in [1.82, 2.24) is 20.0 Å². The SMILES string of the molecule is CCOc1ccc(-c2cc3n(n2)CC(C)(C(=O)NC2CCCCC2)N(CCCOC)C3=O)cc1. The van der Waals surface area contributed by atoms with Gasteiger partial charge < -0.3 is 19.7 Å². The molecule has 1 aliphatic carbocycles. The Morgan fingerprint density at radius 2 is 1.94 bits per heavy atom. The number of carbonyl (C=O) groups excluding carboxylic acids is 2. The molecule has 1 aromatic carbocycles. The fourth-order valence-electron chi connectivity index (χ4n) is 4.98. The number of ether oxygens (including phenoxy) is 2. The Morgan fingerprint density at radius 1 is 1.21 bits per heavy atom. The van der Waals surface area contributed by atoms with Crippen molar-refractivity contribution in [2.45, 2.75) is 70.5 Å². The van der Waals surface area contributed by atoms with Gasteiger partial charge in [0.05, 0.1) is 18.8 Å². The first kappa shape index (κ1) is 24.3. The highest BCUT2D eigenvalue weighted by molar-refractivity contribution is 6.00. The Bertz CT molecular complexity index is 997. The van der Waals surface area contributed by atoms with Crippen LogP contribution < -0.4 is 10.1 Å². The summed E-state index contributed by atoms with van der Waals surface area (Å²) in [5, 5.41) is 7.96. The van der Waals surface area contributed by atoms with Gasteiger partial charge in [-0.2, -0.15) is 5.10 Å². The first-order chi connectivity index (χ1) is 16.5. The standard InChI is InChI=1S/C26H36N4O4/c1-4-34-21-13-11-19(12-14-21)22-17-23-24(31)29(15-8-16-33-3)26(2,18-30(23)28-22)25(32)27-20-9-6-5-7-10-20/h11-14,17,20H,4-10,15-16,18H2,1-3H3,(H,27,32). The van der Waals surface area contributed by atoms with Crippen LogP contribution in [0.5, 0.6) is 5.75 Å². The Morgan fingerprint density at radius 3 is 2.62 bits per heavy atom. The number of hydrogen-bond donors (Lipinski definition) is 1. The minimum atomic E-state index is -1.02. The van der Waals surface area contributed by atoms with Gasteiger partial charge in [0, 0.05) is 31.9 Å². The van der Waals surface area contributed by atoms with Crippen LogP contribution in [-0.4, -0.2) is 64.9 Å². The molecule has 184 valence electrons. The van der Waals surface area contributed by atoms with E-state index in [1.807, 2.05) is 44.2 Å². The first-order valence-electron chi connectivity index (χ1n) is 12.4. The van der Waals surface area contributed by atoms with Crippen molar-refractivity contribution in [2.24, 2.45) is 0 Å². The van der Waals surface area contributed by atoms with Crippen LogP contribution in [0.15, 0.2) is 30.3 Å². The molecular weight excluding hydrogens is 432 g/mol. The second-order valence-electron chi connectivity index (χ2n) is 9.42. The predicted octanol–water partition coefficient (Wildman–Crippen LogP) is 3.65. The maximum Gasteiger partial charge on any atom is 0.273 e. The zero-order valence-electron chi connectivity index (χ0n) is 20.5. The first-order valence-corrected chi connectivity index (χ1v) is 12.4. The van der Waals surface area contributed by atoms with Gasteiger partial charge in [0.2, 0.25) is 5.91 Å². The smallest absolute Gasteiger partial charge is 0.273 e. The van der Waals surface area contributed by atoms with E-state index in [-0.39, 0.29) is 17.9 Å². The zero-order valence-corrected chi connectivity index (χ0v) is 20.5. The lowest BCUT2D eigenvalue weighted by molar-refractivity contribution is -0.134. The van der Waals surface area contributed by atoms with Crippen LogP contribution in [0.4, 0.5) is 0 Å². The van der Waals surface area contributed by atoms with E-state index >= 15 is 0 Å². The molecule has 2 heterocycles. The Kier molecular flexibility index (Phi) is 7.56. The topological polar surface area (TPSA) is 85.7 Å². The number of fused-ring (bicyclic) bond motifs is 1. The molecular formula is C26H36N4O4. The van der Waals surface area contributed by atoms with Crippen molar-refractivity contribution in [3.8, 4) is 17.0 Å². The van der Waals surface area contributed by atoms with Gasteiger partial charge in [-0.1, -0.05) is 19.3 Å². The second-order valence-corrected chi connectivity index (χ2v) is 9.42. The molecule has 0 saturated heterocycles. The number of methoxy groups -OCH3 is 1. The molecule has 1 atom stereocenters. The minimum absolute atomic E-state index is 0.103. The third kappa shape index (κ3) is 4.97. The van der Waals surface area contributed by atoms with Crippen LogP contribution in [0, 0.1) is 0 Å². The van der Waals surface area contributed by atoms with E-state index in [9.17, 15) is 9.59 Å². The fraction of sp³-hybridized carbons (Fsp3) is 0.577. The summed E-state index contributed by atoms with van der Waals surface area (Å²) in [4.78, 5) is 28.9. The lowest BCUT2D eigenvalue weighted by atomic mass is 9.91. The second kappa shape index (κ2) is 10.6. The van der Waals surface area contributed by atoms with Crippen molar-refractivity contribution in [3.05, 3.63) is 36.0 Å². The maximum absolute atomic E-state index is 13.6. The Labute approximate surface area is 201 Å². The van der Waals surface area contributed by atoms with Crippen LogP contribution in [-0.2, 0) is 16.1 Å². The van der Waals surface area contributed by atoms with Gasteiger partial charge in [-0.15, -0.1) is 0 Å². The largest absolute Gasteiger partial charge is 0.494 e. The molecule has 8 nitrogen and oxygen atoms in total. The van der Waals surface area contributed by atoms with Crippen molar-refractivity contribution >= 4 is 11.8 Å². The van der Waals surface area contributed by atoms with Crippen LogP contribution in [0.3, 0.4) is 0 Å². The number of benzene rings is 1. The van der Waals surface area contributed by atoms with Crippen molar-refractivity contribution in [1.29, 1.82) is 0 Å². The average molecular weight is 469 g/mol. The molecule has 0 radical (unpaired) electrons. The van der Waals surface area contributed by atoms with E-state index in [0.29, 0.717) is 44.1 Å². The summed E-state index contributed by atoms with van der Waals surface area (Å²) >= 11 is 0. The molecule has 1 aromatic heterocycles. The number of aromatic nitrogens is 2. The highest BCUT2D eigenvalue weighted by Crippen LogP contribution is 2.31. The fourth-order valence-corrected chi connectivity index (χ4v) is 4.98. The lowest BCUT2D eigenvalue weighted by Gasteiger charge is -2.44. The summed E-state index contributed by atoms with van der Waals surface area (Å²) in [5.74, 6) is 0.518. The van der Waals surface area contributed by atoms with E-state index in [0.717, 1.165) is 37.0 Å². The number of amides is 2. The van der Waals surface area contributed by atoms with Gasteiger partial charge in [0.1, 0.15) is 17.0 Å². The van der Waals surface area contributed by atoms with Gasteiger partial charge in [-0.3, -0.25) is 14.3 Å². The molecule has 1 fully saturated rings. The summed E-state index contributed by atoms with van der Waals surface area (Å²) < 4.78 is 12.4. The zero-order chi connectivity index (χ0) is 24.1. The number of nitrogens with one attached hydrogen (secondary N) is 1. The Hall–Kier alpha value is -2.87.